The standard InChI is InChI=1S/C14H22O6S/c1-6-8(3)10-9(7-2)14(21(16,17)18)13(20-5)11(15)12(10)19-4/h8,15H,6-7H2,1-5H3,(H,16,17,18). The lowest BCUT2D eigenvalue weighted by Gasteiger charge is -2.23. The van der Waals surface area contributed by atoms with E-state index < -0.39 is 15.9 Å². The molecule has 0 aliphatic heterocycles. The minimum Gasteiger partial charge on any atom is -0.502 e. The van der Waals surface area contributed by atoms with E-state index in [-0.39, 0.29) is 22.3 Å². The second kappa shape index (κ2) is 6.53. The Balaban J connectivity index is 4.01. The minimum absolute atomic E-state index is 0.0489. The van der Waals surface area contributed by atoms with E-state index in [0.717, 1.165) is 6.42 Å². The average molecular weight is 318 g/mol. The van der Waals surface area contributed by atoms with Gasteiger partial charge in [0.05, 0.1) is 14.2 Å². The molecule has 0 aliphatic carbocycles. The summed E-state index contributed by atoms with van der Waals surface area (Å²) in [5.41, 5.74) is 0.978. The van der Waals surface area contributed by atoms with Crippen LogP contribution < -0.4 is 9.47 Å². The minimum atomic E-state index is -4.54. The zero-order valence-electron chi connectivity index (χ0n) is 12.9. The topological polar surface area (TPSA) is 93.1 Å². The van der Waals surface area contributed by atoms with Crippen molar-refractivity contribution in [1.82, 2.24) is 0 Å². The van der Waals surface area contributed by atoms with Gasteiger partial charge in [-0.2, -0.15) is 8.42 Å². The number of rotatable bonds is 6. The molecule has 0 saturated carbocycles. The largest absolute Gasteiger partial charge is 0.502 e. The van der Waals surface area contributed by atoms with Crippen LogP contribution in [0, 0.1) is 0 Å². The van der Waals surface area contributed by atoms with Crippen LogP contribution in [0.1, 0.15) is 44.2 Å². The van der Waals surface area contributed by atoms with E-state index in [1.807, 2.05) is 13.8 Å². The first-order valence-corrected chi connectivity index (χ1v) is 8.15. The molecule has 0 spiro atoms. The molecule has 0 bridgehead atoms. The number of hydrogen-bond acceptors (Lipinski definition) is 5. The number of phenolic OH excluding ortho intramolecular Hbond substituents is 1. The molecular formula is C14H22O6S. The van der Waals surface area contributed by atoms with E-state index in [4.69, 9.17) is 9.47 Å². The van der Waals surface area contributed by atoms with Gasteiger partial charge in [0.25, 0.3) is 10.1 Å². The SMILES string of the molecule is CCc1c(C(C)CC)c(OC)c(O)c(OC)c1S(=O)(=O)O. The fraction of sp³-hybridized carbons (Fsp3) is 0.571. The van der Waals surface area contributed by atoms with Gasteiger partial charge in [0, 0.05) is 5.56 Å². The fourth-order valence-corrected chi connectivity index (χ4v) is 3.46. The van der Waals surface area contributed by atoms with Crippen molar-refractivity contribution in [3.8, 4) is 17.2 Å². The predicted octanol–water partition coefficient (Wildman–Crippen LogP) is 2.73. The Morgan fingerprint density at radius 3 is 2.00 bits per heavy atom. The van der Waals surface area contributed by atoms with Crippen molar-refractivity contribution in [1.29, 1.82) is 0 Å². The van der Waals surface area contributed by atoms with Crippen LogP contribution in [0.25, 0.3) is 0 Å². The lowest BCUT2D eigenvalue weighted by Crippen LogP contribution is -2.12. The Morgan fingerprint density at radius 1 is 1.14 bits per heavy atom. The highest BCUT2D eigenvalue weighted by molar-refractivity contribution is 7.86. The van der Waals surface area contributed by atoms with Gasteiger partial charge in [-0.3, -0.25) is 4.55 Å². The smallest absolute Gasteiger partial charge is 0.298 e. The maximum absolute atomic E-state index is 11.7. The molecule has 1 aromatic carbocycles. The van der Waals surface area contributed by atoms with Gasteiger partial charge in [-0.25, -0.2) is 0 Å². The molecule has 0 radical (unpaired) electrons. The third-order valence-electron chi connectivity index (χ3n) is 3.61. The van der Waals surface area contributed by atoms with E-state index in [0.29, 0.717) is 17.5 Å². The van der Waals surface area contributed by atoms with Crippen LogP contribution in [0.4, 0.5) is 0 Å². The van der Waals surface area contributed by atoms with Crippen LogP contribution in [0.2, 0.25) is 0 Å². The second-order valence-electron chi connectivity index (χ2n) is 4.77. The maximum Gasteiger partial charge on any atom is 0.298 e. The Morgan fingerprint density at radius 2 is 1.67 bits per heavy atom. The Kier molecular flexibility index (Phi) is 5.47. The van der Waals surface area contributed by atoms with Gasteiger partial charge >= 0.3 is 0 Å². The van der Waals surface area contributed by atoms with Crippen molar-refractivity contribution in [2.75, 3.05) is 14.2 Å². The van der Waals surface area contributed by atoms with E-state index in [2.05, 4.69) is 0 Å². The molecule has 0 heterocycles. The summed E-state index contributed by atoms with van der Waals surface area (Å²) >= 11 is 0. The summed E-state index contributed by atoms with van der Waals surface area (Å²) in [4.78, 5) is -0.388. The summed E-state index contributed by atoms with van der Waals surface area (Å²) in [5, 5.41) is 10.3. The molecule has 0 saturated heterocycles. The zero-order chi connectivity index (χ0) is 16.4. The number of benzene rings is 1. The van der Waals surface area contributed by atoms with Crippen molar-refractivity contribution in [3.63, 3.8) is 0 Å². The Hall–Kier alpha value is -1.47. The molecule has 0 aromatic heterocycles. The molecule has 7 heteroatoms. The summed E-state index contributed by atoms with van der Waals surface area (Å²) in [5.74, 6) is -0.573. The van der Waals surface area contributed by atoms with E-state index >= 15 is 0 Å². The number of phenols is 1. The van der Waals surface area contributed by atoms with Gasteiger partial charge in [-0.05, 0) is 24.3 Å². The average Bonchev–Trinajstić information content (AvgIpc) is 2.43. The van der Waals surface area contributed by atoms with E-state index in [1.165, 1.54) is 14.2 Å². The zero-order valence-corrected chi connectivity index (χ0v) is 13.7. The monoisotopic (exact) mass is 318 g/mol. The number of hydrogen-bond donors (Lipinski definition) is 2. The molecule has 120 valence electrons. The third kappa shape index (κ3) is 3.08. The summed E-state index contributed by atoms with van der Waals surface area (Å²) < 4.78 is 43.2. The molecule has 0 aliphatic rings. The molecule has 0 amide bonds. The highest BCUT2D eigenvalue weighted by Crippen LogP contribution is 2.49. The lowest BCUT2D eigenvalue weighted by molar-refractivity contribution is 0.326. The Bertz CT molecular complexity index is 621. The molecule has 0 fully saturated rings. The molecule has 2 N–H and O–H groups in total. The van der Waals surface area contributed by atoms with E-state index in [1.54, 1.807) is 6.92 Å². The van der Waals surface area contributed by atoms with E-state index in [9.17, 15) is 18.1 Å². The van der Waals surface area contributed by atoms with Crippen LogP contribution in [0.5, 0.6) is 17.2 Å². The first-order valence-electron chi connectivity index (χ1n) is 6.71. The van der Waals surface area contributed by atoms with Crippen LogP contribution in [0.15, 0.2) is 4.90 Å². The summed E-state index contributed by atoms with van der Waals surface area (Å²) in [7, 11) is -1.92. The molecule has 1 aromatic rings. The Labute approximate surface area is 125 Å². The third-order valence-corrected chi connectivity index (χ3v) is 4.55. The highest BCUT2D eigenvalue weighted by atomic mass is 32.2. The number of methoxy groups -OCH3 is 2. The molecule has 21 heavy (non-hydrogen) atoms. The molecular weight excluding hydrogens is 296 g/mol. The summed E-state index contributed by atoms with van der Waals surface area (Å²) in [6.45, 7) is 5.61. The van der Waals surface area contributed by atoms with Crippen molar-refractivity contribution in [2.45, 2.75) is 44.4 Å². The lowest BCUT2D eigenvalue weighted by atomic mass is 9.90. The number of aromatic hydroxyl groups is 1. The fourth-order valence-electron chi connectivity index (χ4n) is 2.48. The van der Waals surface area contributed by atoms with Crippen LogP contribution in [-0.2, 0) is 16.5 Å². The van der Waals surface area contributed by atoms with Gasteiger partial charge < -0.3 is 14.6 Å². The summed E-state index contributed by atoms with van der Waals surface area (Å²) in [6, 6.07) is 0. The van der Waals surface area contributed by atoms with Gasteiger partial charge in [0.15, 0.2) is 11.5 Å². The van der Waals surface area contributed by atoms with Gasteiger partial charge in [-0.15, -0.1) is 0 Å². The van der Waals surface area contributed by atoms with Gasteiger partial charge in [0.1, 0.15) is 4.90 Å². The molecule has 1 rings (SSSR count). The van der Waals surface area contributed by atoms with Crippen molar-refractivity contribution < 1.29 is 27.6 Å². The molecule has 1 unspecified atom stereocenters. The molecule has 1 atom stereocenters. The number of ether oxygens (including phenoxy) is 2. The highest BCUT2D eigenvalue weighted by Gasteiger charge is 2.32. The normalized spacial score (nSPS) is 13.0. The first kappa shape index (κ1) is 17.6. The van der Waals surface area contributed by atoms with Crippen molar-refractivity contribution >= 4 is 10.1 Å². The van der Waals surface area contributed by atoms with Crippen molar-refractivity contribution in [2.24, 2.45) is 0 Å². The summed E-state index contributed by atoms with van der Waals surface area (Å²) in [6.07, 6.45) is 1.07. The van der Waals surface area contributed by atoms with Crippen LogP contribution in [-0.4, -0.2) is 32.3 Å². The second-order valence-corrected chi connectivity index (χ2v) is 6.13. The van der Waals surface area contributed by atoms with Crippen LogP contribution >= 0.6 is 0 Å². The quantitative estimate of drug-likeness (QED) is 0.783. The maximum atomic E-state index is 11.7. The van der Waals surface area contributed by atoms with Gasteiger partial charge in [-0.1, -0.05) is 20.8 Å². The predicted molar refractivity (Wildman–Crippen MR) is 79.1 cm³/mol. The van der Waals surface area contributed by atoms with Crippen molar-refractivity contribution in [3.05, 3.63) is 11.1 Å². The first-order chi connectivity index (χ1) is 9.74. The van der Waals surface area contributed by atoms with Gasteiger partial charge in [0.2, 0.25) is 5.75 Å². The molecule has 6 nitrogen and oxygen atoms in total. The van der Waals surface area contributed by atoms with Crippen LogP contribution in [0.3, 0.4) is 0 Å².